The Morgan fingerprint density at radius 3 is 2.36 bits per heavy atom. The standard InChI is InChI=1S/C17H24BN3O4/c1-15(2,3)23-14(22)21-13-11(9-8-10-19-13)12(20-21)18-24-16(4,5)17(6,7)25-18/h8-10H,1-7H3. The van der Waals surface area contributed by atoms with Crippen molar-refractivity contribution >= 4 is 29.8 Å². The molecule has 0 radical (unpaired) electrons. The Labute approximate surface area is 147 Å². The van der Waals surface area contributed by atoms with Gasteiger partial charge in [-0.15, -0.1) is 4.68 Å². The van der Waals surface area contributed by atoms with Crippen LogP contribution in [0.25, 0.3) is 11.0 Å². The Bertz CT molecular complexity index is 807. The number of carbonyl (C=O) groups is 1. The van der Waals surface area contributed by atoms with Crippen molar-refractivity contribution < 1.29 is 18.8 Å². The molecule has 1 fully saturated rings. The Morgan fingerprint density at radius 2 is 1.80 bits per heavy atom. The molecule has 7 nitrogen and oxygen atoms in total. The topological polar surface area (TPSA) is 75.5 Å². The van der Waals surface area contributed by atoms with Crippen LogP contribution in [0.2, 0.25) is 0 Å². The number of aromatic nitrogens is 3. The van der Waals surface area contributed by atoms with Gasteiger partial charge in [-0.2, -0.15) is 5.10 Å². The zero-order valence-corrected chi connectivity index (χ0v) is 15.8. The third kappa shape index (κ3) is 3.16. The van der Waals surface area contributed by atoms with Gasteiger partial charge >= 0.3 is 13.2 Å². The SMILES string of the molecule is CC(C)(C)OC(=O)n1nc(B2OC(C)(C)C(C)(C)O2)c2cccnc21. The van der Waals surface area contributed by atoms with E-state index in [4.69, 9.17) is 14.0 Å². The van der Waals surface area contributed by atoms with E-state index in [1.54, 1.807) is 33.0 Å². The maximum Gasteiger partial charge on any atom is 0.517 e. The molecule has 1 saturated heterocycles. The van der Waals surface area contributed by atoms with Gasteiger partial charge in [-0.3, -0.25) is 0 Å². The number of hydrogen-bond acceptors (Lipinski definition) is 6. The third-order valence-corrected chi connectivity index (χ3v) is 4.51. The van der Waals surface area contributed by atoms with E-state index in [-0.39, 0.29) is 0 Å². The molecule has 2 aromatic heterocycles. The van der Waals surface area contributed by atoms with Crippen molar-refractivity contribution in [2.45, 2.75) is 65.3 Å². The maximum absolute atomic E-state index is 12.5. The van der Waals surface area contributed by atoms with Crippen LogP contribution in [0.3, 0.4) is 0 Å². The van der Waals surface area contributed by atoms with E-state index >= 15 is 0 Å². The maximum atomic E-state index is 12.5. The van der Waals surface area contributed by atoms with Crippen molar-refractivity contribution in [1.82, 2.24) is 14.8 Å². The molecule has 0 N–H and O–H groups in total. The van der Waals surface area contributed by atoms with Crippen LogP contribution >= 0.6 is 0 Å². The molecule has 0 aromatic carbocycles. The van der Waals surface area contributed by atoms with Gasteiger partial charge in [0.2, 0.25) is 0 Å². The number of ether oxygens (including phenoxy) is 1. The largest absolute Gasteiger partial charge is 0.517 e. The van der Waals surface area contributed by atoms with Gasteiger partial charge in [0.1, 0.15) is 11.2 Å². The Kier molecular flexibility index (Phi) is 3.96. The Morgan fingerprint density at radius 1 is 1.20 bits per heavy atom. The molecule has 3 heterocycles. The van der Waals surface area contributed by atoms with Gasteiger partial charge < -0.3 is 14.0 Å². The fourth-order valence-electron chi connectivity index (χ4n) is 2.54. The lowest BCUT2D eigenvalue weighted by Crippen LogP contribution is -2.41. The second kappa shape index (κ2) is 5.54. The van der Waals surface area contributed by atoms with Crippen molar-refractivity contribution in [3.8, 4) is 0 Å². The van der Waals surface area contributed by atoms with Crippen molar-refractivity contribution in [1.29, 1.82) is 0 Å². The first-order chi connectivity index (χ1) is 11.4. The summed E-state index contributed by atoms with van der Waals surface area (Å²) in [4.78, 5) is 16.8. The molecule has 3 rings (SSSR count). The van der Waals surface area contributed by atoms with Gasteiger partial charge in [-0.25, -0.2) is 9.78 Å². The highest BCUT2D eigenvalue weighted by Crippen LogP contribution is 2.36. The van der Waals surface area contributed by atoms with Crippen LogP contribution in [0.4, 0.5) is 4.79 Å². The Balaban J connectivity index is 2.05. The number of carbonyl (C=O) groups excluding carboxylic acids is 1. The molecular formula is C17H24BN3O4. The smallest absolute Gasteiger partial charge is 0.442 e. The highest BCUT2D eigenvalue weighted by Gasteiger charge is 2.53. The lowest BCUT2D eigenvalue weighted by molar-refractivity contribution is 0.00578. The summed E-state index contributed by atoms with van der Waals surface area (Å²) in [6, 6.07) is 3.63. The minimum absolute atomic E-state index is 0.418. The van der Waals surface area contributed by atoms with E-state index in [1.165, 1.54) is 4.68 Å². The number of pyridine rings is 1. The molecule has 8 heteroatoms. The summed E-state index contributed by atoms with van der Waals surface area (Å²) in [5.41, 5.74) is -0.688. The minimum Gasteiger partial charge on any atom is -0.442 e. The van der Waals surface area contributed by atoms with Crippen LogP contribution in [0.15, 0.2) is 18.3 Å². The lowest BCUT2D eigenvalue weighted by atomic mass is 9.83. The summed E-state index contributed by atoms with van der Waals surface area (Å²) in [6.07, 6.45) is 1.03. The van der Waals surface area contributed by atoms with E-state index in [9.17, 15) is 4.79 Å². The number of rotatable bonds is 1. The zero-order valence-electron chi connectivity index (χ0n) is 15.8. The summed E-state index contributed by atoms with van der Waals surface area (Å²) in [5, 5.41) is 5.12. The predicted molar refractivity (Wildman–Crippen MR) is 94.9 cm³/mol. The summed E-state index contributed by atoms with van der Waals surface area (Å²) >= 11 is 0. The molecule has 0 amide bonds. The van der Waals surface area contributed by atoms with E-state index in [1.807, 2.05) is 33.8 Å². The second-order valence-corrected chi connectivity index (χ2v) is 8.24. The molecule has 134 valence electrons. The van der Waals surface area contributed by atoms with Crippen molar-refractivity contribution in [3.05, 3.63) is 18.3 Å². The molecule has 25 heavy (non-hydrogen) atoms. The van der Waals surface area contributed by atoms with Gasteiger partial charge in [0, 0.05) is 11.6 Å². The first kappa shape index (κ1) is 17.9. The summed E-state index contributed by atoms with van der Waals surface area (Å²) < 4.78 is 18.7. The molecule has 0 unspecified atom stereocenters. The van der Waals surface area contributed by atoms with Crippen LogP contribution in [0.5, 0.6) is 0 Å². The number of fused-ring (bicyclic) bond motifs is 1. The quantitative estimate of drug-likeness (QED) is 0.740. The predicted octanol–water partition coefficient (Wildman–Crippen LogP) is 2.51. The van der Waals surface area contributed by atoms with Crippen LogP contribution in [0, 0.1) is 0 Å². The van der Waals surface area contributed by atoms with Crippen molar-refractivity contribution in [3.63, 3.8) is 0 Å². The second-order valence-electron chi connectivity index (χ2n) is 8.24. The molecule has 0 spiro atoms. The first-order valence-electron chi connectivity index (χ1n) is 8.34. The first-order valence-corrected chi connectivity index (χ1v) is 8.34. The molecule has 1 aliphatic heterocycles. The van der Waals surface area contributed by atoms with Crippen molar-refractivity contribution in [2.75, 3.05) is 0 Å². The lowest BCUT2D eigenvalue weighted by Gasteiger charge is -2.32. The van der Waals surface area contributed by atoms with E-state index in [0.717, 1.165) is 0 Å². The summed E-state index contributed by atoms with van der Waals surface area (Å²) in [6.45, 7) is 13.3. The fourth-order valence-corrected chi connectivity index (χ4v) is 2.54. The number of nitrogens with zero attached hydrogens (tertiary/aromatic N) is 3. The van der Waals surface area contributed by atoms with Crippen LogP contribution in [-0.4, -0.2) is 44.8 Å². The molecule has 2 aromatic rings. The van der Waals surface area contributed by atoms with E-state index in [2.05, 4.69) is 10.1 Å². The summed E-state index contributed by atoms with van der Waals surface area (Å²) in [5.74, 6) is 0. The van der Waals surface area contributed by atoms with Crippen LogP contribution < -0.4 is 5.59 Å². The molecule has 0 atom stereocenters. The van der Waals surface area contributed by atoms with Crippen molar-refractivity contribution in [2.24, 2.45) is 0 Å². The third-order valence-electron chi connectivity index (χ3n) is 4.51. The number of hydrogen-bond donors (Lipinski definition) is 0. The monoisotopic (exact) mass is 345 g/mol. The van der Waals surface area contributed by atoms with Crippen LogP contribution in [-0.2, 0) is 14.0 Å². The van der Waals surface area contributed by atoms with Gasteiger partial charge in [-0.1, -0.05) is 0 Å². The zero-order chi connectivity index (χ0) is 18.6. The van der Waals surface area contributed by atoms with E-state index in [0.29, 0.717) is 16.6 Å². The highest BCUT2D eigenvalue weighted by atomic mass is 16.7. The highest BCUT2D eigenvalue weighted by molar-refractivity contribution is 6.64. The van der Waals surface area contributed by atoms with Gasteiger partial charge in [0.15, 0.2) is 5.65 Å². The van der Waals surface area contributed by atoms with Crippen LogP contribution in [0.1, 0.15) is 48.5 Å². The average Bonchev–Trinajstić information content (AvgIpc) is 2.92. The summed E-state index contributed by atoms with van der Waals surface area (Å²) in [7, 11) is -0.680. The fraction of sp³-hybridized carbons (Fsp3) is 0.588. The minimum atomic E-state index is -0.680. The van der Waals surface area contributed by atoms with Gasteiger partial charge in [0.05, 0.1) is 11.2 Å². The Hall–Kier alpha value is -1.93. The molecule has 0 bridgehead atoms. The van der Waals surface area contributed by atoms with E-state index < -0.39 is 30.0 Å². The molecule has 1 aliphatic rings. The molecular weight excluding hydrogens is 321 g/mol. The van der Waals surface area contributed by atoms with Gasteiger partial charge in [-0.05, 0) is 60.6 Å². The molecule has 0 saturated carbocycles. The van der Waals surface area contributed by atoms with Gasteiger partial charge in [0.25, 0.3) is 0 Å². The molecule has 0 aliphatic carbocycles. The average molecular weight is 345 g/mol. The normalized spacial score (nSPS) is 19.4.